The zero-order chi connectivity index (χ0) is 13.8. The predicted octanol–water partition coefficient (Wildman–Crippen LogP) is 3.80. The van der Waals surface area contributed by atoms with Gasteiger partial charge in [-0.2, -0.15) is 13.2 Å². The molecule has 0 spiro atoms. The van der Waals surface area contributed by atoms with Crippen molar-refractivity contribution in [3.8, 4) is 0 Å². The lowest BCUT2D eigenvalue weighted by Gasteiger charge is -2.15. The van der Waals surface area contributed by atoms with Crippen LogP contribution in [0.5, 0.6) is 0 Å². The van der Waals surface area contributed by atoms with Crippen molar-refractivity contribution in [1.82, 2.24) is 5.32 Å². The first-order chi connectivity index (χ1) is 8.28. The standard InChI is InChI=1S/C11H11BrF3NO2/c1-7(8-2-4-9(12)5-3-8)16-10(17)18-6-11(13,14)15/h2-5,7H,6H2,1H3,(H,16,17). The molecule has 1 unspecified atom stereocenters. The molecule has 3 nitrogen and oxygen atoms in total. The van der Waals surface area contributed by atoms with Gasteiger partial charge in [0, 0.05) is 4.47 Å². The van der Waals surface area contributed by atoms with Crippen molar-refractivity contribution in [1.29, 1.82) is 0 Å². The van der Waals surface area contributed by atoms with Gasteiger partial charge in [-0.3, -0.25) is 0 Å². The maximum absolute atomic E-state index is 11.8. The molecule has 1 N–H and O–H groups in total. The first kappa shape index (κ1) is 14.8. The number of alkyl halides is 3. The Hall–Kier alpha value is -1.24. The first-order valence-corrected chi connectivity index (χ1v) is 5.83. The number of nitrogens with one attached hydrogen (secondary N) is 1. The van der Waals surface area contributed by atoms with Crippen LogP contribution in [0, 0.1) is 0 Å². The molecule has 0 heterocycles. The fourth-order valence-corrected chi connectivity index (χ4v) is 1.46. The highest BCUT2D eigenvalue weighted by atomic mass is 79.9. The van der Waals surface area contributed by atoms with Crippen LogP contribution in [0.15, 0.2) is 28.7 Å². The summed E-state index contributed by atoms with van der Waals surface area (Å²) < 4.78 is 40.3. The minimum Gasteiger partial charge on any atom is -0.440 e. The van der Waals surface area contributed by atoms with E-state index in [1.807, 2.05) is 0 Å². The Balaban J connectivity index is 2.47. The minimum absolute atomic E-state index is 0.432. The third-order valence-corrected chi connectivity index (χ3v) is 2.60. The van der Waals surface area contributed by atoms with Crippen molar-refractivity contribution in [2.24, 2.45) is 0 Å². The number of ether oxygens (including phenoxy) is 1. The first-order valence-electron chi connectivity index (χ1n) is 5.03. The van der Waals surface area contributed by atoms with Crippen LogP contribution < -0.4 is 5.32 Å². The number of amides is 1. The van der Waals surface area contributed by atoms with E-state index in [2.05, 4.69) is 26.0 Å². The molecule has 0 saturated carbocycles. The van der Waals surface area contributed by atoms with Crippen LogP contribution in [0.1, 0.15) is 18.5 Å². The summed E-state index contributed by atoms with van der Waals surface area (Å²) in [4.78, 5) is 11.1. The molecule has 0 radical (unpaired) electrons. The molecule has 18 heavy (non-hydrogen) atoms. The highest BCUT2D eigenvalue weighted by molar-refractivity contribution is 9.10. The predicted molar refractivity (Wildman–Crippen MR) is 63.1 cm³/mol. The van der Waals surface area contributed by atoms with Crippen molar-refractivity contribution < 1.29 is 22.7 Å². The Kier molecular flexibility index (Phi) is 5.01. The summed E-state index contributed by atoms with van der Waals surface area (Å²) >= 11 is 3.26. The van der Waals surface area contributed by atoms with Gasteiger partial charge in [-0.15, -0.1) is 0 Å². The Labute approximate surface area is 110 Å². The third kappa shape index (κ3) is 5.39. The fraction of sp³-hybridized carbons (Fsp3) is 0.364. The topological polar surface area (TPSA) is 38.3 Å². The number of carbonyl (C=O) groups excluding carboxylic acids is 1. The molecule has 0 aliphatic carbocycles. The summed E-state index contributed by atoms with van der Waals surface area (Å²) in [6.07, 6.45) is -5.61. The summed E-state index contributed by atoms with van der Waals surface area (Å²) in [6, 6.07) is 6.61. The van der Waals surface area contributed by atoms with Gasteiger partial charge in [-0.25, -0.2) is 4.79 Å². The average Bonchev–Trinajstić information content (AvgIpc) is 2.26. The SMILES string of the molecule is CC(NC(=O)OCC(F)(F)F)c1ccc(Br)cc1. The number of benzene rings is 1. The van der Waals surface area contributed by atoms with Gasteiger partial charge < -0.3 is 10.1 Å². The monoisotopic (exact) mass is 325 g/mol. The highest BCUT2D eigenvalue weighted by Crippen LogP contribution is 2.17. The van der Waals surface area contributed by atoms with Crippen LogP contribution in [-0.4, -0.2) is 18.9 Å². The van der Waals surface area contributed by atoms with Gasteiger partial charge in [0.25, 0.3) is 0 Å². The number of alkyl carbamates (subject to hydrolysis) is 1. The van der Waals surface area contributed by atoms with Crippen molar-refractivity contribution >= 4 is 22.0 Å². The molecule has 1 amide bonds. The van der Waals surface area contributed by atoms with E-state index >= 15 is 0 Å². The summed E-state index contributed by atoms with van der Waals surface area (Å²) in [7, 11) is 0. The lowest BCUT2D eigenvalue weighted by atomic mass is 10.1. The number of hydrogen-bond acceptors (Lipinski definition) is 2. The van der Waals surface area contributed by atoms with Gasteiger partial charge in [0.15, 0.2) is 6.61 Å². The zero-order valence-corrected chi connectivity index (χ0v) is 11.0. The van der Waals surface area contributed by atoms with Crippen molar-refractivity contribution in [3.63, 3.8) is 0 Å². The molecule has 7 heteroatoms. The molecule has 1 aromatic carbocycles. The van der Waals surface area contributed by atoms with Crippen molar-refractivity contribution in [2.45, 2.75) is 19.1 Å². The Morgan fingerprint density at radius 2 is 1.94 bits per heavy atom. The van der Waals surface area contributed by atoms with Crippen LogP contribution in [0.3, 0.4) is 0 Å². The van der Waals surface area contributed by atoms with Crippen molar-refractivity contribution in [2.75, 3.05) is 6.61 Å². The van der Waals surface area contributed by atoms with Gasteiger partial charge >= 0.3 is 12.3 Å². The lowest BCUT2D eigenvalue weighted by molar-refractivity contribution is -0.160. The zero-order valence-electron chi connectivity index (χ0n) is 9.42. The second kappa shape index (κ2) is 6.08. The van der Waals surface area contributed by atoms with Crippen LogP contribution >= 0.6 is 15.9 Å². The Morgan fingerprint density at radius 1 is 1.39 bits per heavy atom. The van der Waals surface area contributed by atoms with E-state index in [-0.39, 0.29) is 0 Å². The molecule has 0 aliphatic rings. The second-order valence-electron chi connectivity index (χ2n) is 3.61. The van der Waals surface area contributed by atoms with Crippen LogP contribution in [0.25, 0.3) is 0 Å². The smallest absolute Gasteiger partial charge is 0.422 e. The quantitative estimate of drug-likeness (QED) is 0.918. The molecule has 100 valence electrons. The number of hydrogen-bond donors (Lipinski definition) is 1. The summed E-state index contributed by atoms with van der Waals surface area (Å²) in [5, 5.41) is 2.31. The second-order valence-corrected chi connectivity index (χ2v) is 4.52. The van der Waals surface area contributed by atoms with Gasteiger partial charge in [0.1, 0.15) is 0 Å². The number of carbonyl (C=O) groups is 1. The molecule has 1 atom stereocenters. The van der Waals surface area contributed by atoms with E-state index in [1.54, 1.807) is 31.2 Å². The molecule has 0 bridgehead atoms. The van der Waals surface area contributed by atoms with Gasteiger partial charge in [-0.1, -0.05) is 28.1 Å². The largest absolute Gasteiger partial charge is 0.440 e. The van der Waals surface area contributed by atoms with E-state index < -0.39 is 24.9 Å². The van der Waals surface area contributed by atoms with E-state index in [0.717, 1.165) is 10.0 Å². The van der Waals surface area contributed by atoms with Gasteiger partial charge in [-0.05, 0) is 24.6 Å². The van der Waals surface area contributed by atoms with E-state index in [9.17, 15) is 18.0 Å². The van der Waals surface area contributed by atoms with Crippen molar-refractivity contribution in [3.05, 3.63) is 34.3 Å². The molecular weight excluding hydrogens is 315 g/mol. The molecule has 1 aromatic rings. The van der Waals surface area contributed by atoms with Gasteiger partial charge in [0.2, 0.25) is 0 Å². The Bertz CT molecular complexity index is 406. The fourth-order valence-electron chi connectivity index (χ4n) is 1.20. The van der Waals surface area contributed by atoms with Crippen LogP contribution in [-0.2, 0) is 4.74 Å². The van der Waals surface area contributed by atoms with E-state index in [0.29, 0.717) is 0 Å². The molecule has 0 aromatic heterocycles. The third-order valence-electron chi connectivity index (χ3n) is 2.07. The maximum Gasteiger partial charge on any atom is 0.422 e. The Morgan fingerprint density at radius 3 is 2.44 bits per heavy atom. The van der Waals surface area contributed by atoms with E-state index in [4.69, 9.17) is 0 Å². The molecule has 1 rings (SSSR count). The molecule has 0 saturated heterocycles. The molecule has 0 fully saturated rings. The maximum atomic E-state index is 11.8. The minimum atomic E-state index is -4.52. The van der Waals surface area contributed by atoms with Gasteiger partial charge in [0.05, 0.1) is 6.04 Å². The van der Waals surface area contributed by atoms with Crippen LogP contribution in [0.2, 0.25) is 0 Å². The molecule has 0 aliphatic heterocycles. The summed E-state index contributed by atoms with van der Waals surface area (Å²) in [6.45, 7) is 0.0595. The summed E-state index contributed by atoms with van der Waals surface area (Å²) in [5.41, 5.74) is 0.766. The lowest BCUT2D eigenvalue weighted by Crippen LogP contribution is -2.30. The average molecular weight is 326 g/mol. The summed E-state index contributed by atoms with van der Waals surface area (Å²) in [5.74, 6) is 0. The van der Waals surface area contributed by atoms with Crippen LogP contribution in [0.4, 0.5) is 18.0 Å². The number of rotatable bonds is 3. The normalized spacial score (nSPS) is 12.9. The molecular formula is C11H11BrF3NO2. The number of halogens is 4. The highest BCUT2D eigenvalue weighted by Gasteiger charge is 2.29. The van der Waals surface area contributed by atoms with E-state index in [1.165, 1.54) is 0 Å².